The molecule has 1 N–H and O–H groups in total. The lowest BCUT2D eigenvalue weighted by atomic mass is 9.93. The zero-order valence-corrected chi connectivity index (χ0v) is 21.5. The molecule has 1 saturated heterocycles. The number of benzene rings is 3. The van der Waals surface area contributed by atoms with Crippen molar-refractivity contribution in [3.8, 4) is 16.9 Å². The molecule has 2 heterocycles. The van der Waals surface area contributed by atoms with Crippen LogP contribution in [-0.4, -0.2) is 50.0 Å². The Morgan fingerprint density at radius 3 is 2.51 bits per heavy atom. The maximum absolute atomic E-state index is 12.8. The molecule has 0 radical (unpaired) electrons. The minimum Gasteiger partial charge on any atom is -0.492 e. The lowest BCUT2D eigenvalue weighted by Crippen LogP contribution is -2.29. The average molecular weight is 496 g/mol. The highest BCUT2D eigenvalue weighted by molar-refractivity contribution is 6.01. The van der Waals surface area contributed by atoms with Crippen molar-refractivity contribution in [3.05, 3.63) is 82.9 Å². The second-order valence-electron chi connectivity index (χ2n) is 9.59. The van der Waals surface area contributed by atoms with Crippen molar-refractivity contribution in [1.82, 2.24) is 10.2 Å². The van der Waals surface area contributed by atoms with Crippen LogP contribution in [0.1, 0.15) is 46.8 Å². The van der Waals surface area contributed by atoms with Crippen LogP contribution in [0.4, 0.5) is 5.69 Å². The predicted octanol–water partition coefficient (Wildman–Crippen LogP) is 5.22. The lowest BCUT2D eigenvalue weighted by molar-refractivity contribution is -0.116. The smallest absolute Gasteiger partial charge is 0.251 e. The van der Waals surface area contributed by atoms with Gasteiger partial charge in [0.25, 0.3) is 5.91 Å². The first-order chi connectivity index (χ1) is 18.0. The molecule has 3 aromatic rings. The predicted molar refractivity (Wildman–Crippen MR) is 149 cm³/mol. The third kappa shape index (κ3) is 5.44. The molecule has 0 aromatic heterocycles. The van der Waals surface area contributed by atoms with Crippen LogP contribution in [0.25, 0.3) is 23.3 Å². The van der Waals surface area contributed by atoms with Crippen LogP contribution in [0.5, 0.6) is 5.75 Å². The Morgan fingerprint density at radius 2 is 1.73 bits per heavy atom. The van der Waals surface area contributed by atoms with E-state index in [9.17, 15) is 9.59 Å². The van der Waals surface area contributed by atoms with Gasteiger partial charge in [0.05, 0.1) is 12.2 Å². The van der Waals surface area contributed by atoms with Gasteiger partial charge in [-0.2, -0.15) is 0 Å². The molecule has 0 bridgehead atoms. The summed E-state index contributed by atoms with van der Waals surface area (Å²) in [6.07, 6.45) is 6.69. The number of carbonyl (C=O) groups is 2. The second kappa shape index (κ2) is 11.0. The van der Waals surface area contributed by atoms with Crippen molar-refractivity contribution in [2.24, 2.45) is 0 Å². The number of fused-ring (bicyclic) bond motifs is 2. The van der Waals surface area contributed by atoms with Crippen LogP contribution in [0.15, 0.2) is 60.7 Å². The Labute approximate surface area is 218 Å². The molecule has 0 aliphatic carbocycles. The molecule has 6 heteroatoms. The van der Waals surface area contributed by atoms with Gasteiger partial charge in [-0.25, -0.2) is 0 Å². The molecule has 6 nitrogen and oxygen atoms in total. The molecule has 0 spiro atoms. The summed E-state index contributed by atoms with van der Waals surface area (Å²) >= 11 is 0. The van der Waals surface area contributed by atoms with Crippen LogP contribution in [0.3, 0.4) is 0 Å². The Bertz CT molecular complexity index is 1340. The van der Waals surface area contributed by atoms with E-state index in [-0.39, 0.29) is 11.8 Å². The number of ether oxygens (including phenoxy) is 1. The van der Waals surface area contributed by atoms with Gasteiger partial charge >= 0.3 is 0 Å². The van der Waals surface area contributed by atoms with Crippen molar-refractivity contribution < 1.29 is 14.3 Å². The molecular weight excluding hydrogens is 462 g/mol. The number of nitrogens with zero attached hydrogens (tertiary/aromatic N) is 2. The van der Waals surface area contributed by atoms with Gasteiger partial charge in [-0.15, -0.1) is 0 Å². The molecule has 1 fully saturated rings. The van der Waals surface area contributed by atoms with Crippen molar-refractivity contribution in [2.45, 2.75) is 26.3 Å². The fourth-order valence-electron chi connectivity index (χ4n) is 5.16. The van der Waals surface area contributed by atoms with Gasteiger partial charge in [0.1, 0.15) is 12.4 Å². The number of amides is 2. The molecule has 0 unspecified atom stereocenters. The summed E-state index contributed by atoms with van der Waals surface area (Å²) in [6, 6.07) is 19.7. The van der Waals surface area contributed by atoms with Gasteiger partial charge in [0, 0.05) is 31.6 Å². The van der Waals surface area contributed by atoms with E-state index in [2.05, 4.69) is 34.5 Å². The van der Waals surface area contributed by atoms with E-state index in [0.29, 0.717) is 18.7 Å². The van der Waals surface area contributed by atoms with Crippen LogP contribution in [0, 0.1) is 0 Å². The fourth-order valence-corrected chi connectivity index (χ4v) is 5.16. The van der Waals surface area contributed by atoms with Crippen LogP contribution in [-0.2, 0) is 11.3 Å². The fraction of sp³-hybridized carbons (Fsp3) is 0.290. The Kier molecular flexibility index (Phi) is 7.37. The van der Waals surface area contributed by atoms with E-state index in [1.807, 2.05) is 48.5 Å². The summed E-state index contributed by atoms with van der Waals surface area (Å²) in [7, 11) is 1.64. The molecule has 2 aliphatic rings. The number of carbonyl (C=O) groups excluding carboxylic acids is 2. The van der Waals surface area contributed by atoms with Crippen LogP contribution < -0.4 is 15.0 Å². The number of hydrogen-bond acceptors (Lipinski definition) is 4. The number of rotatable bonds is 6. The lowest BCUT2D eigenvalue weighted by Gasteiger charge is -2.27. The van der Waals surface area contributed by atoms with Gasteiger partial charge in [-0.1, -0.05) is 42.5 Å². The van der Waals surface area contributed by atoms with Crippen molar-refractivity contribution in [3.63, 3.8) is 0 Å². The summed E-state index contributed by atoms with van der Waals surface area (Å²) in [6.45, 7) is 5.94. The zero-order valence-electron chi connectivity index (χ0n) is 21.5. The maximum atomic E-state index is 12.8. The van der Waals surface area contributed by atoms with Gasteiger partial charge in [0.2, 0.25) is 5.91 Å². The zero-order chi connectivity index (χ0) is 25.8. The molecule has 0 saturated carbocycles. The minimum absolute atomic E-state index is 0.0265. The first kappa shape index (κ1) is 24.8. The summed E-state index contributed by atoms with van der Waals surface area (Å²) in [4.78, 5) is 29.5. The summed E-state index contributed by atoms with van der Waals surface area (Å²) in [5.74, 6) is 0.661. The van der Waals surface area contributed by atoms with Gasteiger partial charge in [-0.05, 0) is 78.5 Å². The molecule has 3 aromatic carbocycles. The van der Waals surface area contributed by atoms with Crippen LogP contribution >= 0.6 is 0 Å². The van der Waals surface area contributed by atoms with Gasteiger partial charge in [-0.3, -0.25) is 14.5 Å². The Hall–Kier alpha value is -3.90. The Morgan fingerprint density at radius 1 is 0.946 bits per heavy atom. The molecule has 190 valence electrons. The van der Waals surface area contributed by atoms with E-state index in [0.717, 1.165) is 58.9 Å². The van der Waals surface area contributed by atoms with Crippen molar-refractivity contribution in [2.75, 3.05) is 38.2 Å². The third-order valence-corrected chi connectivity index (χ3v) is 7.17. The van der Waals surface area contributed by atoms with E-state index < -0.39 is 0 Å². The molecule has 37 heavy (non-hydrogen) atoms. The molecule has 2 amide bonds. The average Bonchev–Trinajstić information content (AvgIpc) is 3.43. The maximum Gasteiger partial charge on any atom is 0.251 e. The highest BCUT2D eigenvalue weighted by Gasteiger charge is 2.20. The van der Waals surface area contributed by atoms with E-state index in [1.54, 1.807) is 18.9 Å². The SMILES string of the molecule is CNC(=O)c1ccccc1-c1ccc2c(c1)CN(C(C)=O)c1ccc(OCCN3CCCC3)cc1/C=C\2. The van der Waals surface area contributed by atoms with E-state index in [1.165, 1.54) is 12.8 Å². The van der Waals surface area contributed by atoms with E-state index >= 15 is 0 Å². The topological polar surface area (TPSA) is 61.9 Å². The molecule has 0 atom stereocenters. The largest absolute Gasteiger partial charge is 0.492 e. The second-order valence-corrected chi connectivity index (χ2v) is 9.59. The number of likely N-dealkylation sites (tertiary alicyclic amines) is 1. The highest BCUT2D eigenvalue weighted by Crippen LogP contribution is 2.34. The standard InChI is InChI=1S/C31H33N3O3/c1-22(35)34-21-26-19-24(28-7-3-4-8-29(28)31(36)32-2)11-9-23(26)10-12-25-20-27(13-14-30(25)34)37-18-17-33-15-5-6-16-33/h3-4,7-14,19-20H,5-6,15-18,21H2,1-2H3,(H,32,36)/b12-10-. The Balaban J connectivity index is 1.45. The first-order valence-electron chi connectivity index (χ1n) is 12.9. The normalized spacial score (nSPS) is 15.8. The summed E-state index contributed by atoms with van der Waals surface area (Å²) in [5.41, 5.74) is 6.30. The van der Waals surface area contributed by atoms with Gasteiger partial charge < -0.3 is 15.0 Å². The summed E-state index contributed by atoms with van der Waals surface area (Å²) in [5, 5.41) is 2.72. The van der Waals surface area contributed by atoms with Gasteiger partial charge in [0.15, 0.2) is 0 Å². The number of nitrogens with one attached hydrogen (secondary N) is 1. The monoisotopic (exact) mass is 495 g/mol. The highest BCUT2D eigenvalue weighted by atomic mass is 16.5. The minimum atomic E-state index is -0.125. The molecular formula is C31H33N3O3. The van der Waals surface area contributed by atoms with Crippen molar-refractivity contribution in [1.29, 1.82) is 0 Å². The first-order valence-corrected chi connectivity index (χ1v) is 12.9. The number of anilines is 1. The van der Waals surface area contributed by atoms with Crippen LogP contribution in [0.2, 0.25) is 0 Å². The third-order valence-electron chi connectivity index (χ3n) is 7.17. The number of hydrogen-bond donors (Lipinski definition) is 1. The molecule has 5 rings (SSSR count). The van der Waals surface area contributed by atoms with Crippen molar-refractivity contribution >= 4 is 29.7 Å². The molecule has 2 aliphatic heterocycles. The summed E-state index contributed by atoms with van der Waals surface area (Å²) < 4.78 is 6.06. The quantitative estimate of drug-likeness (QED) is 0.509. The van der Waals surface area contributed by atoms with E-state index in [4.69, 9.17) is 4.74 Å².